The van der Waals surface area contributed by atoms with Crippen LogP contribution < -0.4 is 5.32 Å². The van der Waals surface area contributed by atoms with Gasteiger partial charge in [0.15, 0.2) is 0 Å². The van der Waals surface area contributed by atoms with Gasteiger partial charge in [-0.3, -0.25) is 9.78 Å². The third kappa shape index (κ3) is 4.59. The molecule has 108 valence electrons. The molecule has 1 aromatic heterocycles. The number of nitrogens with one attached hydrogen (secondary N) is 1. The molecule has 2 rings (SSSR count). The third-order valence-electron chi connectivity index (χ3n) is 2.90. The van der Waals surface area contributed by atoms with Gasteiger partial charge < -0.3 is 5.32 Å². The predicted molar refractivity (Wildman–Crippen MR) is 86.3 cm³/mol. The largest absolute Gasteiger partial charge is 0.346 e. The number of hydrogen-bond acceptors (Lipinski definition) is 2. The van der Waals surface area contributed by atoms with Crippen LogP contribution in [-0.4, -0.2) is 10.9 Å². The Balaban J connectivity index is 1.99. The third-order valence-corrected chi connectivity index (χ3v) is 3.63. The maximum absolute atomic E-state index is 11.9. The molecule has 0 aliphatic carbocycles. The molecule has 0 saturated heterocycles. The maximum atomic E-state index is 11.9. The summed E-state index contributed by atoms with van der Waals surface area (Å²) in [5.74, 6) is -0.195. The van der Waals surface area contributed by atoms with Crippen molar-refractivity contribution in [1.29, 1.82) is 0 Å². The topological polar surface area (TPSA) is 42.0 Å². The Hall–Kier alpha value is -1.84. The van der Waals surface area contributed by atoms with E-state index in [1.165, 1.54) is 6.08 Å². The van der Waals surface area contributed by atoms with Crippen molar-refractivity contribution in [3.8, 4) is 0 Å². The highest BCUT2D eigenvalue weighted by Crippen LogP contribution is 2.25. The first kappa shape index (κ1) is 15.5. The molecular formula is C16H14Cl2N2O. The molecule has 0 radical (unpaired) electrons. The summed E-state index contributed by atoms with van der Waals surface area (Å²) in [7, 11) is 0. The number of hydrogen-bond donors (Lipinski definition) is 1. The van der Waals surface area contributed by atoms with Crippen molar-refractivity contribution in [3.05, 3.63) is 70.0 Å². The standard InChI is InChI=1S/C16H14Cl2N2O/c1-11(12-5-7-14(17)15(18)10-12)20-16(21)8-6-13-4-2-3-9-19-13/h2-11H,1H3,(H,20,21). The molecule has 0 bridgehead atoms. The minimum Gasteiger partial charge on any atom is -0.346 e. The summed E-state index contributed by atoms with van der Waals surface area (Å²) in [6, 6.07) is 10.6. The van der Waals surface area contributed by atoms with E-state index in [4.69, 9.17) is 23.2 Å². The first-order chi connectivity index (χ1) is 10.1. The van der Waals surface area contributed by atoms with Crippen molar-refractivity contribution in [3.63, 3.8) is 0 Å². The molecule has 1 aromatic carbocycles. The van der Waals surface area contributed by atoms with Crippen molar-refractivity contribution in [2.75, 3.05) is 0 Å². The normalized spacial score (nSPS) is 12.3. The monoisotopic (exact) mass is 320 g/mol. The summed E-state index contributed by atoms with van der Waals surface area (Å²) in [6.07, 6.45) is 4.79. The molecule has 0 aliphatic heterocycles. The van der Waals surface area contributed by atoms with Gasteiger partial charge >= 0.3 is 0 Å². The van der Waals surface area contributed by atoms with E-state index in [1.807, 2.05) is 31.2 Å². The number of rotatable bonds is 4. The number of halogens is 2. The number of nitrogens with zero attached hydrogens (tertiary/aromatic N) is 1. The van der Waals surface area contributed by atoms with Gasteiger partial charge in [-0.25, -0.2) is 0 Å². The fourth-order valence-corrected chi connectivity index (χ4v) is 2.07. The molecule has 1 amide bonds. The Bertz CT molecular complexity index is 657. The molecule has 1 heterocycles. The molecule has 1 atom stereocenters. The second-order valence-corrected chi connectivity index (χ2v) is 5.31. The molecule has 2 aromatic rings. The van der Waals surface area contributed by atoms with Crippen LogP contribution in [-0.2, 0) is 4.79 Å². The molecule has 21 heavy (non-hydrogen) atoms. The van der Waals surface area contributed by atoms with E-state index in [0.29, 0.717) is 10.0 Å². The van der Waals surface area contributed by atoms with Crippen LogP contribution in [0.3, 0.4) is 0 Å². The van der Waals surface area contributed by atoms with E-state index < -0.39 is 0 Å². The molecule has 5 heteroatoms. The van der Waals surface area contributed by atoms with Gasteiger partial charge in [-0.15, -0.1) is 0 Å². The van der Waals surface area contributed by atoms with E-state index in [0.717, 1.165) is 11.3 Å². The quantitative estimate of drug-likeness (QED) is 0.854. The zero-order valence-corrected chi connectivity index (χ0v) is 12.9. The smallest absolute Gasteiger partial charge is 0.244 e. The average Bonchev–Trinajstić information content (AvgIpc) is 2.49. The van der Waals surface area contributed by atoms with Gasteiger partial charge in [0.25, 0.3) is 0 Å². The van der Waals surface area contributed by atoms with Crippen LogP contribution in [0.25, 0.3) is 6.08 Å². The van der Waals surface area contributed by atoms with E-state index in [1.54, 1.807) is 24.4 Å². The van der Waals surface area contributed by atoms with E-state index >= 15 is 0 Å². The van der Waals surface area contributed by atoms with Gasteiger partial charge in [-0.1, -0.05) is 35.3 Å². The van der Waals surface area contributed by atoms with Gasteiger partial charge in [0.05, 0.1) is 21.8 Å². The van der Waals surface area contributed by atoms with Crippen LogP contribution in [0.4, 0.5) is 0 Å². The number of carbonyl (C=O) groups is 1. The van der Waals surface area contributed by atoms with Gasteiger partial charge in [-0.05, 0) is 42.8 Å². The van der Waals surface area contributed by atoms with Crippen molar-refractivity contribution >= 4 is 35.2 Å². The molecule has 0 saturated carbocycles. The highest BCUT2D eigenvalue weighted by molar-refractivity contribution is 6.42. The van der Waals surface area contributed by atoms with Crippen molar-refractivity contribution < 1.29 is 4.79 Å². The number of amides is 1. The minimum atomic E-state index is -0.195. The van der Waals surface area contributed by atoms with Gasteiger partial charge in [0.2, 0.25) is 5.91 Å². The summed E-state index contributed by atoms with van der Waals surface area (Å²) in [5.41, 5.74) is 1.62. The van der Waals surface area contributed by atoms with Gasteiger partial charge in [0.1, 0.15) is 0 Å². The highest BCUT2D eigenvalue weighted by atomic mass is 35.5. The van der Waals surface area contributed by atoms with Crippen LogP contribution in [0, 0.1) is 0 Å². The molecular weight excluding hydrogens is 307 g/mol. The molecule has 0 spiro atoms. The Morgan fingerprint density at radius 2 is 2.05 bits per heavy atom. The minimum absolute atomic E-state index is 0.166. The number of pyridine rings is 1. The summed E-state index contributed by atoms with van der Waals surface area (Å²) >= 11 is 11.8. The van der Waals surface area contributed by atoms with Crippen molar-refractivity contribution in [1.82, 2.24) is 10.3 Å². The van der Waals surface area contributed by atoms with Crippen LogP contribution in [0.1, 0.15) is 24.2 Å². The van der Waals surface area contributed by atoms with Crippen LogP contribution in [0.5, 0.6) is 0 Å². The first-order valence-corrected chi connectivity index (χ1v) is 7.16. The van der Waals surface area contributed by atoms with E-state index in [2.05, 4.69) is 10.3 Å². The lowest BCUT2D eigenvalue weighted by Gasteiger charge is -2.13. The molecule has 0 fully saturated rings. The molecule has 3 nitrogen and oxygen atoms in total. The maximum Gasteiger partial charge on any atom is 0.244 e. The predicted octanol–water partition coefficient (Wildman–Crippen LogP) is 4.28. The lowest BCUT2D eigenvalue weighted by molar-refractivity contribution is -0.117. The SMILES string of the molecule is CC(NC(=O)C=Cc1ccccn1)c1ccc(Cl)c(Cl)c1. The summed E-state index contributed by atoms with van der Waals surface area (Å²) in [5, 5.41) is 3.82. The van der Waals surface area contributed by atoms with Crippen LogP contribution >= 0.6 is 23.2 Å². The van der Waals surface area contributed by atoms with Crippen LogP contribution in [0.15, 0.2) is 48.7 Å². The average molecular weight is 321 g/mol. The summed E-state index contributed by atoms with van der Waals surface area (Å²) < 4.78 is 0. The Morgan fingerprint density at radius 3 is 2.71 bits per heavy atom. The lowest BCUT2D eigenvalue weighted by Crippen LogP contribution is -2.24. The van der Waals surface area contributed by atoms with E-state index in [-0.39, 0.29) is 11.9 Å². The molecule has 1 N–H and O–H groups in total. The first-order valence-electron chi connectivity index (χ1n) is 6.41. The number of benzene rings is 1. The zero-order valence-electron chi connectivity index (χ0n) is 11.4. The fraction of sp³-hybridized carbons (Fsp3) is 0.125. The van der Waals surface area contributed by atoms with E-state index in [9.17, 15) is 4.79 Å². The van der Waals surface area contributed by atoms with Gasteiger partial charge in [-0.2, -0.15) is 0 Å². The summed E-state index contributed by atoms with van der Waals surface area (Å²) in [6.45, 7) is 1.88. The second kappa shape index (κ2) is 7.25. The number of carbonyl (C=O) groups excluding carboxylic acids is 1. The molecule has 1 unspecified atom stereocenters. The Kier molecular flexibility index (Phi) is 5.37. The Morgan fingerprint density at radius 1 is 1.24 bits per heavy atom. The molecule has 0 aliphatic rings. The number of aromatic nitrogens is 1. The lowest BCUT2D eigenvalue weighted by atomic mass is 10.1. The van der Waals surface area contributed by atoms with Crippen molar-refractivity contribution in [2.24, 2.45) is 0 Å². The van der Waals surface area contributed by atoms with Crippen molar-refractivity contribution in [2.45, 2.75) is 13.0 Å². The highest BCUT2D eigenvalue weighted by Gasteiger charge is 2.09. The van der Waals surface area contributed by atoms with Crippen LogP contribution in [0.2, 0.25) is 10.0 Å². The summed E-state index contributed by atoms with van der Waals surface area (Å²) in [4.78, 5) is 16.0. The fourth-order valence-electron chi connectivity index (χ4n) is 1.76. The second-order valence-electron chi connectivity index (χ2n) is 4.49. The zero-order chi connectivity index (χ0) is 15.2. The van der Waals surface area contributed by atoms with Gasteiger partial charge in [0, 0.05) is 12.3 Å². The Labute approximate surface area is 133 Å².